The molecular weight excluding hydrogens is 114 g/mol. The van der Waals surface area contributed by atoms with Gasteiger partial charge in [-0.3, -0.25) is 0 Å². The third-order valence-electron chi connectivity index (χ3n) is 0.943. The van der Waals surface area contributed by atoms with Crippen LogP contribution >= 0.6 is 0 Å². The normalized spacial score (nSPS) is 10.9. The SMILES string of the molecule is C/C=C\COCCCN. The van der Waals surface area contributed by atoms with E-state index >= 15 is 0 Å². The number of hydrogen-bond acceptors (Lipinski definition) is 2. The van der Waals surface area contributed by atoms with Gasteiger partial charge in [0.05, 0.1) is 6.61 Å². The Morgan fingerprint density at radius 1 is 1.56 bits per heavy atom. The van der Waals surface area contributed by atoms with Crippen molar-refractivity contribution in [2.45, 2.75) is 13.3 Å². The van der Waals surface area contributed by atoms with Crippen LogP contribution in [-0.4, -0.2) is 19.8 Å². The summed E-state index contributed by atoms with van der Waals surface area (Å²) in [7, 11) is 0. The van der Waals surface area contributed by atoms with Crippen LogP contribution in [0, 0.1) is 0 Å². The van der Waals surface area contributed by atoms with Gasteiger partial charge in [-0.05, 0) is 19.9 Å². The minimum atomic E-state index is 0.718. The molecule has 0 saturated carbocycles. The molecule has 0 radical (unpaired) electrons. The summed E-state index contributed by atoms with van der Waals surface area (Å²) in [6.07, 6.45) is 4.91. The molecule has 0 atom stereocenters. The topological polar surface area (TPSA) is 35.2 Å². The van der Waals surface area contributed by atoms with Gasteiger partial charge >= 0.3 is 0 Å². The number of allylic oxidation sites excluding steroid dienone is 1. The van der Waals surface area contributed by atoms with Crippen molar-refractivity contribution in [3.63, 3.8) is 0 Å². The van der Waals surface area contributed by atoms with Crippen molar-refractivity contribution in [2.24, 2.45) is 5.73 Å². The van der Waals surface area contributed by atoms with Crippen LogP contribution in [0.3, 0.4) is 0 Å². The van der Waals surface area contributed by atoms with Gasteiger partial charge in [0.1, 0.15) is 0 Å². The molecule has 0 aliphatic heterocycles. The Morgan fingerprint density at radius 2 is 2.33 bits per heavy atom. The van der Waals surface area contributed by atoms with E-state index in [2.05, 4.69) is 0 Å². The lowest BCUT2D eigenvalue weighted by atomic mass is 10.5. The minimum absolute atomic E-state index is 0.718. The van der Waals surface area contributed by atoms with E-state index in [1.54, 1.807) is 0 Å². The number of rotatable bonds is 5. The Bertz CT molecular complexity index is 71.3. The molecule has 0 fully saturated rings. The highest BCUT2D eigenvalue weighted by Gasteiger charge is 1.80. The quantitative estimate of drug-likeness (QED) is 0.442. The Hall–Kier alpha value is -0.340. The van der Waals surface area contributed by atoms with Gasteiger partial charge in [-0.2, -0.15) is 0 Å². The first kappa shape index (κ1) is 8.66. The highest BCUT2D eigenvalue weighted by atomic mass is 16.5. The van der Waals surface area contributed by atoms with Crippen LogP contribution in [0.5, 0.6) is 0 Å². The molecule has 9 heavy (non-hydrogen) atoms. The van der Waals surface area contributed by atoms with Crippen LogP contribution in [0.25, 0.3) is 0 Å². The van der Waals surface area contributed by atoms with Crippen molar-refractivity contribution in [3.8, 4) is 0 Å². The van der Waals surface area contributed by atoms with E-state index < -0.39 is 0 Å². The smallest absolute Gasteiger partial charge is 0.0647 e. The largest absolute Gasteiger partial charge is 0.377 e. The van der Waals surface area contributed by atoms with Gasteiger partial charge in [-0.15, -0.1) is 0 Å². The molecule has 2 nitrogen and oxygen atoms in total. The standard InChI is InChI=1S/C7H15NO/c1-2-3-6-9-7-4-5-8/h2-3H,4-8H2,1H3/b3-2-. The van der Waals surface area contributed by atoms with Gasteiger partial charge in [-0.1, -0.05) is 12.2 Å². The molecule has 0 bridgehead atoms. The third-order valence-corrected chi connectivity index (χ3v) is 0.943. The van der Waals surface area contributed by atoms with E-state index in [4.69, 9.17) is 10.5 Å². The summed E-state index contributed by atoms with van der Waals surface area (Å²) in [6, 6.07) is 0. The molecule has 54 valence electrons. The van der Waals surface area contributed by atoms with E-state index in [1.165, 1.54) is 0 Å². The fraction of sp³-hybridized carbons (Fsp3) is 0.714. The number of ether oxygens (including phenoxy) is 1. The van der Waals surface area contributed by atoms with E-state index in [0.717, 1.165) is 26.2 Å². The molecule has 0 unspecified atom stereocenters. The van der Waals surface area contributed by atoms with Crippen LogP contribution in [0.2, 0.25) is 0 Å². The second kappa shape index (κ2) is 7.66. The second-order valence-corrected chi connectivity index (χ2v) is 1.79. The van der Waals surface area contributed by atoms with Crippen LogP contribution in [0.1, 0.15) is 13.3 Å². The molecule has 2 heteroatoms. The average molecular weight is 129 g/mol. The lowest BCUT2D eigenvalue weighted by molar-refractivity contribution is 0.161. The summed E-state index contributed by atoms with van der Waals surface area (Å²) in [6.45, 7) is 4.19. The highest BCUT2D eigenvalue weighted by Crippen LogP contribution is 1.80. The first-order chi connectivity index (χ1) is 4.41. The van der Waals surface area contributed by atoms with Crippen LogP contribution in [0.15, 0.2) is 12.2 Å². The third kappa shape index (κ3) is 7.66. The Morgan fingerprint density at radius 3 is 2.89 bits per heavy atom. The van der Waals surface area contributed by atoms with Crippen molar-refractivity contribution in [3.05, 3.63) is 12.2 Å². The Labute approximate surface area is 56.7 Å². The van der Waals surface area contributed by atoms with E-state index in [1.807, 2.05) is 19.1 Å². The lowest BCUT2D eigenvalue weighted by Crippen LogP contribution is -2.03. The summed E-state index contributed by atoms with van der Waals surface area (Å²) >= 11 is 0. The van der Waals surface area contributed by atoms with Gasteiger partial charge in [0.15, 0.2) is 0 Å². The van der Waals surface area contributed by atoms with Gasteiger partial charge in [-0.25, -0.2) is 0 Å². The molecule has 0 saturated heterocycles. The summed E-state index contributed by atoms with van der Waals surface area (Å²) in [5.74, 6) is 0. The van der Waals surface area contributed by atoms with Gasteiger partial charge < -0.3 is 10.5 Å². The molecule has 0 amide bonds. The maximum atomic E-state index is 5.25. The van der Waals surface area contributed by atoms with Crippen LogP contribution in [-0.2, 0) is 4.74 Å². The first-order valence-corrected chi connectivity index (χ1v) is 3.30. The molecule has 0 spiro atoms. The minimum Gasteiger partial charge on any atom is -0.377 e. The van der Waals surface area contributed by atoms with Gasteiger partial charge in [0.25, 0.3) is 0 Å². The molecule has 0 aliphatic rings. The average Bonchev–Trinajstić information content (AvgIpc) is 1.89. The maximum absolute atomic E-state index is 5.25. The Kier molecular flexibility index (Phi) is 7.37. The highest BCUT2D eigenvalue weighted by molar-refractivity contribution is 4.75. The van der Waals surface area contributed by atoms with Crippen molar-refractivity contribution >= 4 is 0 Å². The van der Waals surface area contributed by atoms with Crippen molar-refractivity contribution in [1.82, 2.24) is 0 Å². The zero-order valence-corrected chi connectivity index (χ0v) is 5.97. The van der Waals surface area contributed by atoms with E-state index in [9.17, 15) is 0 Å². The fourth-order valence-corrected chi connectivity index (χ4v) is 0.433. The van der Waals surface area contributed by atoms with Crippen molar-refractivity contribution < 1.29 is 4.74 Å². The Balaban J connectivity index is 2.75. The fourth-order valence-electron chi connectivity index (χ4n) is 0.433. The van der Waals surface area contributed by atoms with Crippen molar-refractivity contribution in [1.29, 1.82) is 0 Å². The summed E-state index contributed by atoms with van der Waals surface area (Å²) in [5, 5.41) is 0. The van der Waals surface area contributed by atoms with Crippen LogP contribution < -0.4 is 5.73 Å². The summed E-state index contributed by atoms with van der Waals surface area (Å²) < 4.78 is 5.15. The molecule has 0 rings (SSSR count). The van der Waals surface area contributed by atoms with Gasteiger partial charge in [0.2, 0.25) is 0 Å². The van der Waals surface area contributed by atoms with E-state index in [-0.39, 0.29) is 0 Å². The predicted molar refractivity (Wildman–Crippen MR) is 39.3 cm³/mol. The zero-order chi connectivity index (χ0) is 6.95. The molecule has 0 aliphatic carbocycles. The molecule has 0 aromatic carbocycles. The second-order valence-electron chi connectivity index (χ2n) is 1.79. The maximum Gasteiger partial charge on any atom is 0.0647 e. The molecule has 0 heterocycles. The molecular formula is C7H15NO. The van der Waals surface area contributed by atoms with Crippen molar-refractivity contribution in [2.75, 3.05) is 19.8 Å². The molecule has 2 N–H and O–H groups in total. The number of hydrogen-bond donors (Lipinski definition) is 1. The molecule has 0 aromatic rings. The van der Waals surface area contributed by atoms with E-state index in [0.29, 0.717) is 0 Å². The lowest BCUT2D eigenvalue weighted by Gasteiger charge is -1.96. The zero-order valence-electron chi connectivity index (χ0n) is 5.97. The summed E-state index contributed by atoms with van der Waals surface area (Å²) in [5.41, 5.74) is 5.25. The molecule has 0 aromatic heterocycles. The first-order valence-electron chi connectivity index (χ1n) is 3.30. The monoisotopic (exact) mass is 129 g/mol. The summed E-state index contributed by atoms with van der Waals surface area (Å²) in [4.78, 5) is 0. The van der Waals surface area contributed by atoms with Crippen LogP contribution in [0.4, 0.5) is 0 Å². The van der Waals surface area contributed by atoms with Gasteiger partial charge in [0, 0.05) is 6.61 Å². The number of nitrogens with two attached hydrogens (primary N) is 1. The predicted octanol–water partition coefficient (Wildman–Crippen LogP) is 0.928.